The molecule has 0 fully saturated rings. The molecule has 0 aromatic carbocycles. The molecule has 0 aliphatic heterocycles. The zero-order valence-corrected chi connectivity index (χ0v) is 48.2. The number of carbonyl (C=O) groups is 3. The molecule has 0 aliphatic carbocycles. The van der Waals surface area contributed by atoms with Crippen molar-refractivity contribution in [2.45, 2.75) is 368 Å². The average Bonchev–Trinajstić information content (AvgIpc) is 3.33. The van der Waals surface area contributed by atoms with Crippen molar-refractivity contribution in [3.05, 3.63) is 0 Å². The van der Waals surface area contributed by atoms with Gasteiger partial charge in [0.05, 0.1) is 0 Å². The van der Waals surface area contributed by atoms with Gasteiger partial charge in [0.2, 0.25) is 0 Å². The van der Waals surface area contributed by atoms with Crippen LogP contribution >= 0.6 is 0 Å². The van der Waals surface area contributed by atoms with Gasteiger partial charge in [0.25, 0.3) is 0 Å². The van der Waals surface area contributed by atoms with Gasteiger partial charge >= 0.3 is 17.9 Å². The van der Waals surface area contributed by atoms with E-state index < -0.39 is 6.10 Å². The highest BCUT2D eigenvalue weighted by molar-refractivity contribution is 5.71. The molecule has 416 valence electrons. The van der Waals surface area contributed by atoms with Crippen LogP contribution in [0.4, 0.5) is 0 Å². The molecule has 0 saturated heterocycles. The molecule has 1 atom stereocenters. The van der Waals surface area contributed by atoms with E-state index in [2.05, 4.69) is 34.6 Å². The van der Waals surface area contributed by atoms with Crippen LogP contribution in [-0.4, -0.2) is 37.2 Å². The monoisotopic (exact) mass is 989 g/mol. The van der Waals surface area contributed by atoms with E-state index in [-0.39, 0.29) is 31.1 Å². The summed E-state index contributed by atoms with van der Waals surface area (Å²) in [7, 11) is 0. The van der Waals surface area contributed by atoms with Gasteiger partial charge in [-0.2, -0.15) is 0 Å². The van der Waals surface area contributed by atoms with Crippen molar-refractivity contribution in [3.63, 3.8) is 0 Å². The first-order valence-electron chi connectivity index (χ1n) is 31.7. The van der Waals surface area contributed by atoms with Crippen LogP contribution in [0.5, 0.6) is 0 Å². The molecule has 0 unspecified atom stereocenters. The van der Waals surface area contributed by atoms with E-state index in [1.54, 1.807) is 0 Å². The molecule has 0 amide bonds. The summed E-state index contributed by atoms with van der Waals surface area (Å²) in [6.07, 6.45) is 62.6. The van der Waals surface area contributed by atoms with Crippen LogP contribution in [0.15, 0.2) is 0 Å². The minimum Gasteiger partial charge on any atom is -0.462 e. The van der Waals surface area contributed by atoms with Crippen LogP contribution in [0.1, 0.15) is 362 Å². The molecule has 0 rings (SSSR count). The third kappa shape index (κ3) is 57.3. The van der Waals surface area contributed by atoms with E-state index in [9.17, 15) is 14.4 Å². The van der Waals surface area contributed by atoms with Crippen molar-refractivity contribution >= 4 is 17.9 Å². The van der Waals surface area contributed by atoms with Crippen molar-refractivity contribution in [1.29, 1.82) is 0 Å². The highest BCUT2D eigenvalue weighted by atomic mass is 16.6. The Bertz CT molecular complexity index is 1070. The van der Waals surface area contributed by atoms with Crippen LogP contribution in [0.3, 0.4) is 0 Å². The minimum absolute atomic E-state index is 0.0623. The smallest absolute Gasteiger partial charge is 0.306 e. The molecule has 0 aromatic rings. The molecule has 0 N–H and O–H groups in total. The second-order valence-electron chi connectivity index (χ2n) is 23.0. The molecular weight excluding hydrogens is 865 g/mol. The number of hydrogen-bond donors (Lipinski definition) is 0. The first-order valence-corrected chi connectivity index (χ1v) is 31.7. The van der Waals surface area contributed by atoms with E-state index in [0.29, 0.717) is 19.3 Å². The Hall–Kier alpha value is -1.59. The molecule has 0 spiro atoms. The number of rotatable bonds is 58. The van der Waals surface area contributed by atoms with Crippen LogP contribution in [0.2, 0.25) is 0 Å². The standard InChI is InChI=1S/C64H124O6/c1-6-7-8-9-10-11-12-13-14-15-16-21-24-27-30-35-41-46-51-56-64(67)70-61(58-69-63(66)55-50-45-40-36-31-33-38-43-48-53-60(4)5)57-68-62(65)54-49-44-39-34-29-26-23-20-18-17-19-22-25-28-32-37-42-47-52-59(2)3/h59-61H,6-58H2,1-5H3/t61-/m0/s1. The van der Waals surface area contributed by atoms with E-state index in [4.69, 9.17) is 14.2 Å². The lowest BCUT2D eigenvalue weighted by Gasteiger charge is -2.18. The van der Waals surface area contributed by atoms with E-state index >= 15 is 0 Å². The van der Waals surface area contributed by atoms with Crippen LogP contribution < -0.4 is 0 Å². The summed E-state index contributed by atoms with van der Waals surface area (Å²) in [5, 5.41) is 0. The topological polar surface area (TPSA) is 78.9 Å². The Morgan fingerprint density at radius 3 is 0.700 bits per heavy atom. The number of carbonyl (C=O) groups excluding carboxylic acids is 3. The SMILES string of the molecule is CCCCCCCCCCCCCCCCCCCCCC(=O)O[C@@H](COC(=O)CCCCCCCCCCCCCCCCCCCCC(C)C)COC(=O)CCCCCCCCCCCC(C)C. The van der Waals surface area contributed by atoms with Crippen LogP contribution in [0, 0.1) is 11.8 Å². The molecule has 6 heteroatoms. The Kier molecular flexibility index (Phi) is 55.4. The molecule has 0 bridgehead atoms. The fourth-order valence-corrected chi connectivity index (χ4v) is 9.93. The maximum atomic E-state index is 12.9. The van der Waals surface area contributed by atoms with Crippen molar-refractivity contribution in [2.24, 2.45) is 11.8 Å². The van der Waals surface area contributed by atoms with Gasteiger partial charge in [0.15, 0.2) is 6.10 Å². The predicted molar refractivity (Wildman–Crippen MR) is 303 cm³/mol. The summed E-state index contributed by atoms with van der Waals surface area (Å²) in [4.78, 5) is 38.2. The highest BCUT2D eigenvalue weighted by Crippen LogP contribution is 2.19. The summed E-state index contributed by atoms with van der Waals surface area (Å²) in [5.41, 5.74) is 0. The van der Waals surface area contributed by atoms with Gasteiger partial charge in [-0.1, -0.05) is 324 Å². The normalized spacial score (nSPS) is 12.0. The third-order valence-corrected chi connectivity index (χ3v) is 14.7. The summed E-state index contributed by atoms with van der Waals surface area (Å²) < 4.78 is 16.9. The van der Waals surface area contributed by atoms with E-state index in [1.165, 1.54) is 250 Å². The Labute approximate surface area is 438 Å². The predicted octanol–water partition coefficient (Wildman–Crippen LogP) is 21.2. The molecule has 0 saturated carbocycles. The van der Waals surface area contributed by atoms with Crippen molar-refractivity contribution in [1.82, 2.24) is 0 Å². The fourth-order valence-electron chi connectivity index (χ4n) is 9.93. The highest BCUT2D eigenvalue weighted by Gasteiger charge is 2.19. The summed E-state index contributed by atoms with van der Waals surface area (Å²) >= 11 is 0. The minimum atomic E-state index is -0.764. The molecule has 70 heavy (non-hydrogen) atoms. The zero-order chi connectivity index (χ0) is 51.1. The first-order chi connectivity index (χ1) is 34.2. The molecule has 0 aliphatic rings. The lowest BCUT2D eigenvalue weighted by molar-refractivity contribution is -0.167. The fraction of sp³-hybridized carbons (Fsp3) is 0.953. The van der Waals surface area contributed by atoms with Gasteiger partial charge in [-0.25, -0.2) is 0 Å². The van der Waals surface area contributed by atoms with Crippen molar-refractivity contribution in [3.8, 4) is 0 Å². The lowest BCUT2D eigenvalue weighted by Crippen LogP contribution is -2.30. The Morgan fingerprint density at radius 1 is 0.271 bits per heavy atom. The van der Waals surface area contributed by atoms with Crippen LogP contribution in [0.25, 0.3) is 0 Å². The first kappa shape index (κ1) is 68.4. The van der Waals surface area contributed by atoms with Crippen LogP contribution in [-0.2, 0) is 28.6 Å². The second-order valence-corrected chi connectivity index (χ2v) is 23.0. The van der Waals surface area contributed by atoms with E-state index in [0.717, 1.165) is 69.6 Å². The summed E-state index contributed by atoms with van der Waals surface area (Å²) in [5.74, 6) is 0.833. The largest absolute Gasteiger partial charge is 0.462 e. The second kappa shape index (κ2) is 56.7. The maximum Gasteiger partial charge on any atom is 0.306 e. The van der Waals surface area contributed by atoms with Gasteiger partial charge in [-0.05, 0) is 31.1 Å². The maximum absolute atomic E-state index is 12.9. The molecular formula is C64H124O6. The summed E-state index contributed by atoms with van der Waals surface area (Å²) in [6, 6.07) is 0. The van der Waals surface area contributed by atoms with Gasteiger partial charge in [-0.3, -0.25) is 14.4 Å². The van der Waals surface area contributed by atoms with E-state index in [1.807, 2.05) is 0 Å². The Balaban J connectivity index is 4.23. The average molecular weight is 990 g/mol. The molecule has 0 radical (unpaired) electrons. The number of ether oxygens (including phenoxy) is 3. The number of hydrogen-bond acceptors (Lipinski definition) is 6. The third-order valence-electron chi connectivity index (χ3n) is 14.7. The molecule has 0 heterocycles. The molecule has 0 aromatic heterocycles. The number of unbranched alkanes of at least 4 members (excludes halogenated alkanes) is 43. The van der Waals surface area contributed by atoms with Crippen molar-refractivity contribution < 1.29 is 28.6 Å². The van der Waals surface area contributed by atoms with Gasteiger partial charge < -0.3 is 14.2 Å². The van der Waals surface area contributed by atoms with Gasteiger partial charge in [0, 0.05) is 19.3 Å². The lowest BCUT2D eigenvalue weighted by atomic mass is 10.0. The Morgan fingerprint density at radius 2 is 0.471 bits per heavy atom. The molecule has 6 nitrogen and oxygen atoms in total. The van der Waals surface area contributed by atoms with Gasteiger partial charge in [-0.15, -0.1) is 0 Å². The van der Waals surface area contributed by atoms with Crippen molar-refractivity contribution in [2.75, 3.05) is 13.2 Å². The summed E-state index contributed by atoms with van der Waals surface area (Å²) in [6.45, 7) is 11.4. The number of esters is 3. The quantitative estimate of drug-likeness (QED) is 0.0343. The van der Waals surface area contributed by atoms with Gasteiger partial charge in [0.1, 0.15) is 13.2 Å². The zero-order valence-electron chi connectivity index (χ0n) is 48.2.